The SMILES string of the molecule is CC(=O)N1CCN(C(=O)c2csc(CSc3nnc(Cc4ccccc4)n3-c3ccc(Cl)c(Cl)c3)n2)CC1. The number of rotatable bonds is 7. The quantitative estimate of drug-likeness (QED) is 0.276. The van der Waals surface area contributed by atoms with Gasteiger partial charge in [-0.25, -0.2) is 4.98 Å². The highest BCUT2D eigenvalue weighted by molar-refractivity contribution is 7.98. The molecule has 0 bridgehead atoms. The zero-order chi connectivity index (χ0) is 26.6. The summed E-state index contributed by atoms with van der Waals surface area (Å²) in [4.78, 5) is 32.6. The molecule has 8 nitrogen and oxygen atoms in total. The van der Waals surface area contributed by atoms with E-state index in [1.807, 2.05) is 28.8 Å². The summed E-state index contributed by atoms with van der Waals surface area (Å²) in [5, 5.41) is 13.2. The predicted molar refractivity (Wildman–Crippen MR) is 150 cm³/mol. The monoisotopic (exact) mass is 586 g/mol. The van der Waals surface area contributed by atoms with Gasteiger partial charge in [0.15, 0.2) is 5.16 Å². The van der Waals surface area contributed by atoms with Crippen molar-refractivity contribution >= 4 is 58.1 Å². The van der Waals surface area contributed by atoms with Crippen molar-refractivity contribution in [2.45, 2.75) is 24.3 Å². The van der Waals surface area contributed by atoms with Gasteiger partial charge in [0, 0.05) is 44.9 Å². The number of carbonyl (C=O) groups is 2. The molecule has 1 saturated heterocycles. The van der Waals surface area contributed by atoms with Gasteiger partial charge >= 0.3 is 0 Å². The molecule has 3 heterocycles. The molecule has 0 saturated carbocycles. The summed E-state index contributed by atoms with van der Waals surface area (Å²) in [7, 11) is 0. The van der Waals surface area contributed by atoms with E-state index in [1.54, 1.807) is 34.2 Å². The molecular formula is C26H24Cl2N6O2S2. The third kappa shape index (κ3) is 6.04. The van der Waals surface area contributed by atoms with Gasteiger partial charge in [-0.05, 0) is 23.8 Å². The van der Waals surface area contributed by atoms with Gasteiger partial charge in [-0.3, -0.25) is 14.2 Å². The zero-order valence-electron chi connectivity index (χ0n) is 20.5. The molecule has 196 valence electrons. The standard InChI is InChI=1S/C26H24Cl2N6O2S2/c1-17(35)32-9-11-33(12-10-32)25(36)22-15-37-24(29-22)16-38-26-31-30-23(13-18-5-3-2-4-6-18)34(26)19-7-8-20(27)21(28)14-19/h2-8,14-15H,9-13,16H2,1H3. The number of piperazine rings is 1. The lowest BCUT2D eigenvalue weighted by Crippen LogP contribution is -2.50. The maximum atomic E-state index is 12.9. The van der Waals surface area contributed by atoms with E-state index in [0.29, 0.717) is 59.2 Å². The maximum absolute atomic E-state index is 12.9. The summed E-state index contributed by atoms with van der Waals surface area (Å²) in [5.41, 5.74) is 2.36. The number of thioether (sulfide) groups is 1. The second-order valence-corrected chi connectivity index (χ2v) is 11.4. The number of nitrogens with zero attached hydrogens (tertiary/aromatic N) is 6. The van der Waals surface area contributed by atoms with Crippen LogP contribution in [0.3, 0.4) is 0 Å². The lowest BCUT2D eigenvalue weighted by atomic mass is 10.1. The first-order valence-electron chi connectivity index (χ1n) is 11.9. The zero-order valence-corrected chi connectivity index (χ0v) is 23.7. The molecule has 0 N–H and O–H groups in total. The average Bonchev–Trinajstić information content (AvgIpc) is 3.56. The highest BCUT2D eigenvalue weighted by Gasteiger charge is 2.25. The topological polar surface area (TPSA) is 84.2 Å². The summed E-state index contributed by atoms with van der Waals surface area (Å²) >= 11 is 15.4. The van der Waals surface area contributed by atoms with Crippen molar-refractivity contribution in [3.8, 4) is 5.69 Å². The summed E-state index contributed by atoms with van der Waals surface area (Å²) in [6.45, 7) is 3.66. The fourth-order valence-electron chi connectivity index (χ4n) is 4.16. The smallest absolute Gasteiger partial charge is 0.273 e. The average molecular weight is 588 g/mol. The van der Waals surface area contributed by atoms with Crippen LogP contribution in [0.25, 0.3) is 5.69 Å². The molecule has 0 spiro atoms. The van der Waals surface area contributed by atoms with E-state index >= 15 is 0 Å². The summed E-state index contributed by atoms with van der Waals surface area (Å²) in [6.07, 6.45) is 0.599. The Balaban J connectivity index is 1.32. The number of thiazole rings is 1. The van der Waals surface area contributed by atoms with Crippen LogP contribution >= 0.6 is 46.3 Å². The van der Waals surface area contributed by atoms with Crippen LogP contribution in [0.5, 0.6) is 0 Å². The number of amides is 2. The predicted octanol–water partition coefficient (Wildman–Crippen LogP) is 5.22. The minimum atomic E-state index is -0.107. The van der Waals surface area contributed by atoms with Gasteiger partial charge in [-0.2, -0.15) is 0 Å². The number of hydrogen-bond donors (Lipinski definition) is 0. The molecule has 0 unspecified atom stereocenters. The minimum absolute atomic E-state index is 0.0331. The lowest BCUT2D eigenvalue weighted by molar-refractivity contribution is -0.130. The van der Waals surface area contributed by atoms with E-state index in [-0.39, 0.29) is 11.8 Å². The van der Waals surface area contributed by atoms with Crippen LogP contribution in [0, 0.1) is 0 Å². The van der Waals surface area contributed by atoms with Gasteiger partial charge < -0.3 is 9.80 Å². The van der Waals surface area contributed by atoms with Crippen molar-refractivity contribution < 1.29 is 9.59 Å². The second kappa shape index (κ2) is 11.9. The van der Waals surface area contributed by atoms with Gasteiger partial charge in [0.25, 0.3) is 5.91 Å². The molecule has 12 heteroatoms. The Morgan fingerprint density at radius 2 is 1.71 bits per heavy atom. The van der Waals surface area contributed by atoms with Crippen molar-refractivity contribution in [2.75, 3.05) is 26.2 Å². The Kier molecular flexibility index (Phi) is 8.32. The van der Waals surface area contributed by atoms with Gasteiger partial charge in [0.05, 0.1) is 21.5 Å². The van der Waals surface area contributed by atoms with Gasteiger partial charge in [-0.1, -0.05) is 65.3 Å². The van der Waals surface area contributed by atoms with Crippen molar-refractivity contribution in [3.05, 3.63) is 86.0 Å². The summed E-state index contributed by atoms with van der Waals surface area (Å²) in [6, 6.07) is 15.5. The van der Waals surface area contributed by atoms with Crippen LogP contribution in [-0.2, 0) is 17.0 Å². The van der Waals surface area contributed by atoms with Crippen molar-refractivity contribution in [1.82, 2.24) is 29.5 Å². The van der Waals surface area contributed by atoms with Crippen molar-refractivity contribution in [1.29, 1.82) is 0 Å². The highest BCUT2D eigenvalue weighted by Crippen LogP contribution is 2.31. The molecule has 0 radical (unpaired) electrons. The molecule has 1 aliphatic heterocycles. The molecule has 38 heavy (non-hydrogen) atoms. The van der Waals surface area contributed by atoms with Crippen molar-refractivity contribution in [3.63, 3.8) is 0 Å². The van der Waals surface area contributed by atoms with Gasteiger partial charge in [0.1, 0.15) is 16.5 Å². The molecule has 1 aliphatic rings. The normalized spacial score (nSPS) is 13.7. The number of halogens is 2. The Morgan fingerprint density at radius 3 is 2.42 bits per heavy atom. The fourth-order valence-corrected chi connectivity index (χ4v) is 6.21. The Hall–Kier alpha value is -2.92. The van der Waals surface area contributed by atoms with Crippen LogP contribution in [0.2, 0.25) is 10.0 Å². The molecule has 4 aromatic rings. The summed E-state index contributed by atoms with van der Waals surface area (Å²) in [5.74, 6) is 1.23. The minimum Gasteiger partial charge on any atom is -0.339 e. The number of carbonyl (C=O) groups excluding carboxylic acids is 2. The van der Waals surface area contributed by atoms with Crippen LogP contribution in [0.15, 0.2) is 59.1 Å². The molecule has 2 amide bonds. The molecule has 1 fully saturated rings. The molecule has 2 aromatic carbocycles. The van der Waals surface area contributed by atoms with Gasteiger partial charge in [0.2, 0.25) is 5.91 Å². The van der Waals surface area contributed by atoms with E-state index in [9.17, 15) is 9.59 Å². The van der Waals surface area contributed by atoms with Crippen LogP contribution in [0.1, 0.15) is 33.8 Å². The molecule has 0 atom stereocenters. The Bertz CT molecular complexity index is 1450. The number of aromatic nitrogens is 4. The van der Waals surface area contributed by atoms with Crippen molar-refractivity contribution in [2.24, 2.45) is 0 Å². The molecular weight excluding hydrogens is 563 g/mol. The third-order valence-corrected chi connectivity index (χ3v) is 8.89. The maximum Gasteiger partial charge on any atom is 0.273 e. The Labute approximate surface area is 238 Å². The van der Waals surface area contributed by atoms with E-state index in [2.05, 4.69) is 27.3 Å². The van der Waals surface area contributed by atoms with E-state index < -0.39 is 0 Å². The van der Waals surface area contributed by atoms with E-state index in [1.165, 1.54) is 23.1 Å². The Morgan fingerprint density at radius 1 is 0.974 bits per heavy atom. The number of benzene rings is 2. The largest absolute Gasteiger partial charge is 0.339 e. The fraction of sp³-hybridized carbons (Fsp3) is 0.269. The first-order valence-corrected chi connectivity index (χ1v) is 14.6. The van der Waals surface area contributed by atoms with Crippen LogP contribution in [-0.4, -0.2) is 67.5 Å². The third-order valence-electron chi connectivity index (χ3n) is 6.17. The first kappa shape index (κ1) is 26.7. The van der Waals surface area contributed by atoms with E-state index in [4.69, 9.17) is 23.2 Å². The molecule has 5 rings (SSSR count). The second-order valence-electron chi connectivity index (χ2n) is 8.71. The summed E-state index contributed by atoms with van der Waals surface area (Å²) < 4.78 is 1.98. The highest BCUT2D eigenvalue weighted by atomic mass is 35.5. The molecule has 0 aliphatic carbocycles. The first-order chi connectivity index (χ1) is 18.4. The van der Waals surface area contributed by atoms with Gasteiger partial charge in [-0.15, -0.1) is 21.5 Å². The molecule has 2 aromatic heterocycles. The van der Waals surface area contributed by atoms with Crippen LogP contribution in [0.4, 0.5) is 0 Å². The van der Waals surface area contributed by atoms with Crippen LogP contribution < -0.4 is 0 Å². The lowest BCUT2D eigenvalue weighted by Gasteiger charge is -2.33. The number of hydrogen-bond acceptors (Lipinski definition) is 7. The van der Waals surface area contributed by atoms with E-state index in [0.717, 1.165) is 22.1 Å².